The fourth-order valence-electron chi connectivity index (χ4n) is 3.62. The number of rotatable bonds is 4. The Morgan fingerprint density at radius 1 is 1.00 bits per heavy atom. The van der Waals surface area contributed by atoms with E-state index in [1.807, 2.05) is 42.5 Å². The van der Waals surface area contributed by atoms with Crippen molar-refractivity contribution in [3.63, 3.8) is 0 Å². The van der Waals surface area contributed by atoms with Crippen LogP contribution in [0.25, 0.3) is 11.1 Å². The second kappa shape index (κ2) is 7.49. The number of ether oxygens (including phenoxy) is 1. The van der Waals surface area contributed by atoms with E-state index < -0.39 is 12.1 Å². The Hall–Kier alpha value is -4.11. The zero-order valence-electron chi connectivity index (χ0n) is 15.3. The van der Waals surface area contributed by atoms with Gasteiger partial charge in [0.25, 0.3) is 0 Å². The molecular formula is C23H16N2O4. The molecule has 0 bridgehead atoms. The second-order valence-corrected chi connectivity index (χ2v) is 6.63. The number of hydrogen-bond donors (Lipinski definition) is 2. The molecule has 1 aliphatic rings. The third-order valence-electron chi connectivity index (χ3n) is 4.97. The maximum absolute atomic E-state index is 12.3. The van der Waals surface area contributed by atoms with Crippen LogP contribution in [-0.4, -0.2) is 23.8 Å². The zero-order valence-corrected chi connectivity index (χ0v) is 15.3. The van der Waals surface area contributed by atoms with Crippen molar-refractivity contribution in [2.75, 3.05) is 11.9 Å². The van der Waals surface area contributed by atoms with Gasteiger partial charge in [0, 0.05) is 5.92 Å². The largest absolute Gasteiger partial charge is 0.478 e. The monoisotopic (exact) mass is 384 g/mol. The van der Waals surface area contributed by atoms with Gasteiger partial charge in [0.2, 0.25) is 0 Å². The van der Waals surface area contributed by atoms with Gasteiger partial charge in [0.05, 0.1) is 16.8 Å². The van der Waals surface area contributed by atoms with Gasteiger partial charge in [-0.25, -0.2) is 9.59 Å². The van der Waals surface area contributed by atoms with E-state index in [4.69, 9.17) is 9.84 Å². The molecule has 0 radical (unpaired) electrons. The van der Waals surface area contributed by atoms with Crippen LogP contribution in [0.5, 0.6) is 0 Å². The minimum Gasteiger partial charge on any atom is -0.478 e. The van der Waals surface area contributed by atoms with Gasteiger partial charge in [-0.05, 0) is 40.5 Å². The first kappa shape index (κ1) is 18.3. The van der Waals surface area contributed by atoms with E-state index in [0.29, 0.717) is 0 Å². The number of carboxylic acid groups (broad SMARTS) is 1. The molecule has 142 valence electrons. The number of nitrogens with one attached hydrogen (secondary N) is 1. The Morgan fingerprint density at radius 3 is 2.21 bits per heavy atom. The number of aromatic carboxylic acids is 1. The number of amides is 1. The molecule has 6 heteroatoms. The molecule has 3 aromatic carbocycles. The third-order valence-corrected chi connectivity index (χ3v) is 4.97. The molecule has 0 saturated heterocycles. The highest BCUT2D eigenvalue weighted by Crippen LogP contribution is 2.44. The number of hydrogen-bond acceptors (Lipinski definition) is 4. The van der Waals surface area contributed by atoms with Gasteiger partial charge in [-0.1, -0.05) is 48.5 Å². The molecule has 1 aliphatic carbocycles. The number of fused-ring (bicyclic) bond motifs is 3. The molecule has 6 nitrogen and oxygen atoms in total. The number of nitrogens with zero attached hydrogens (tertiary/aromatic N) is 1. The lowest BCUT2D eigenvalue weighted by atomic mass is 9.98. The summed E-state index contributed by atoms with van der Waals surface area (Å²) in [6, 6.07) is 21.8. The van der Waals surface area contributed by atoms with Gasteiger partial charge in [-0.3, -0.25) is 5.32 Å². The number of benzene rings is 3. The zero-order chi connectivity index (χ0) is 20.4. The summed E-state index contributed by atoms with van der Waals surface area (Å²) < 4.78 is 5.45. The molecule has 0 heterocycles. The maximum Gasteiger partial charge on any atom is 0.411 e. The number of nitriles is 1. The van der Waals surface area contributed by atoms with Crippen LogP contribution in [0.3, 0.4) is 0 Å². The summed E-state index contributed by atoms with van der Waals surface area (Å²) in [5, 5.41) is 20.8. The van der Waals surface area contributed by atoms with E-state index in [0.717, 1.165) is 22.3 Å². The second-order valence-electron chi connectivity index (χ2n) is 6.63. The Bertz CT molecular complexity index is 1120. The summed E-state index contributed by atoms with van der Waals surface area (Å²) >= 11 is 0. The summed E-state index contributed by atoms with van der Waals surface area (Å²) in [6.45, 7) is 0.148. The first-order chi connectivity index (χ1) is 14.1. The van der Waals surface area contributed by atoms with Gasteiger partial charge in [-0.2, -0.15) is 5.26 Å². The van der Waals surface area contributed by atoms with Crippen LogP contribution in [0.15, 0.2) is 66.7 Å². The smallest absolute Gasteiger partial charge is 0.411 e. The number of anilines is 1. The Morgan fingerprint density at radius 2 is 1.62 bits per heavy atom. The van der Waals surface area contributed by atoms with E-state index in [1.165, 1.54) is 18.2 Å². The van der Waals surface area contributed by atoms with Crippen molar-refractivity contribution in [2.45, 2.75) is 5.92 Å². The molecule has 1 amide bonds. The van der Waals surface area contributed by atoms with Gasteiger partial charge < -0.3 is 9.84 Å². The predicted molar refractivity (Wildman–Crippen MR) is 107 cm³/mol. The van der Waals surface area contributed by atoms with Crippen LogP contribution in [0.2, 0.25) is 0 Å². The number of carbonyl (C=O) groups is 2. The van der Waals surface area contributed by atoms with Crippen LogP contribution in [0, 0.1) is 11.3 Å². The first-order valence-corrected chi connectivity index (χ1v) is 8.98. The first-order valence-electron chi connectivity index (χ1n) is 8.98. The summed E-state index contributed by atoms with van der Waals surface area (Å²) in [7, 11) is 0. The molecule has 4 rings (SSSR count). The Kier molecular flexibility index (Phi) is 4.71. The van der Waals surface area contributed by atoms with Crippen molar-refractivity contribution < 1.29 is 19.4 Å². The molecule has 0 fully saturated rings. The van der Waals surface area contributed by atoms with Crippen molar-refractivity contribution in [1.29, 1.82) is 5.26 Å². The number of carboxylic acids is 1. The lowest BCUT2D eigenvalue weighted by molar-refractivity contribution is 0.0697. The van der Waals surface area contributed by atoms with E-state index in [-0.39, 0.29) is 29.3 Å². The van der Waals surface area contributed by atoms with E-state index in [9.17, 15) is 14.9 Å². The van der Waals surface area contributed by atoms with Crippen LogP contribution in [0.4, 0.5) is 10.5 Å². The van der Waals surface area contributed by atoms with Crippen LogP contribution < -0.4 is 5.32 Å². The van der Waals surface area contributed by atoms with Crippen LogP contribution in [0.1, 0.15) is 33.0 Å². The van der Waals surface area contributed by atoms with E-state index >= 15 is 0 Å². The average Bonchev–Trinajstić information content (AvgIpc) is 3.06. The topological polar surface area (TPSA) is 99.4 Å². The molecule has 0 saturated carbocycles. The molecule has 0 aromatic heterocycles. The average molecular weight is 384 g/mol. The normalized spacial score (nSPS) is 11.8. The van der Waals surface area contributed by atoms with Crippen molar-refractivity contribution in [2.24, 2.45) is 0 Å². The molecule has 0 atom stereocenters. The molecular weight excluding hydrogens is 368 g/mol. The van der Waals surface area contributed by atoms with Gasteiger partial charge in [-0.15, -0.1) is 0 Å². The van der Waals surface area contributed by atoms with E-state index in [2.05, 4.69) is 17.4 Å². The van der Waals surface area contributed by atoms with Crippen LogP contribution >= 0.6 is 0 Å². The molecule has 29 heavy (non-hydrogen) atoms. The van der Waals surface area contributed by atoms with Gasteiger partial charge >= 0.3 is 12.1 Å². The lowest BCUT2D eigenvalue weighted by Crippen LogP contribution is -2.18. The summed E-state index contributed by atoms with van der Waals surface area (Å²) in [5.41, 5.74) is 4.70. The maximum atomic E-state index is 12.3. The lowest BCUT2D eigenvalue weighted by Gasteiger charge is -2.15. The van der Waals surface area contributed by atoms with Crippen molar-refractivity contribution >= 4 is 17.7 Å². The van der Waals surface area contributed by atoms with Crippen molar-refractivity contribution in [1.82, 2.24) is 0 Å². The van der Waals surface area contributed by atoms with E-state index in [1.54, 1.807) is 0 Å². The summed E-state index contributed by atoms with van der Waals surface area (Å²) in [4.78, 5) is 23.4. The number of carbonyl (C=O) groups excluding carboxylic acids is 1. The van der Waals surface area contributed by atoms with Gasteiger partial charge in [0.1, 0.15) is 12.7 Å². The minimum absolute atomic E-state index is 0.0281. The molecule has 3 aromatic rings. The highest BCUT2D eigenvalue weighted by atomic mass is 16.5. The van der Waals surface area contributed by atoms with Crippen molar-refractivity contribution in [3.05, 3.63) is 89.0 Å². The summed E-state index contributed by atoms with van der Waals surface area (Å²) in [5.74, 6) is -1.22. The summed E-state index contributed by atoms with van der Waals surface area (Å²) in [6.07, 6.45) is -0.702. The highest BCUT2D eigenvalue weighted by molar-refractivity contribution is 5.91. The fraction of sp³-hybridized carbons (Fsp3) is 0.0870. The Balaban J connectivity index is 1.50. The van der Waals surface area contributed by atoms with Crippen molar-refractivity contribution in [3.8, 4) is 17.2 Å². The minimum atomic E-state index is -1.14. The molecule has 0 unspecified atom stereocenters. The molecule has 0 spiro atoms. The highest BCUT2D eigenvalue weighted by Gasteiger charge is 2.29. The predicted octanol–water partition coefficient (Wildman–Crippen LogP) is 4.62. The quantitative estimate of drug-likeness (QED) is 0.684. The van der Waals surface area contributed by atoms with Crippen LogP contribution in [-0.2, 0) is 4.74 Å². The van der Waals surface area contributed by atoms with Gasteiger partial charge in [0.15, 0.2) is 0 Å². The standard InChI is InChI=1S/C23H16N2O4/c24-12-15-11-14(22(26)27)9-10-21(15)25-23(28)29-13-20-18-7-3-1-5-16(18)17-6-2-4-8-19(17)20/h1-11,20H,13H2,(H,25,28)(H,26,27). The molecule has 0 aliphatic heterocycles. The third kappa shape index (κ3) is 3.42. The molecule has 2 N–H and O–H groups in total. The fourth-order valence-corrected chi connectivity index (χ4v) is 3.62. The Labute approximate surface area is 167 Å². The SMILES string of the molecule is N#Cc1cc(C(=O)O)ccc1NC(=O)OCC1c2ccccc2-c2ccccc21.